The molecule has 1 aromatic heterocycles. The van der Waals surface area contributed by atoms with Gasteiger partial charge in [-0.3, -0.25) is 0 Å². The molecule has 1 saturated heterocycles. The first-order valence-electron chi connectivity index (χ1n) is 6.20. The zero-order valence-electron chi connectivity index (χ0n) is 10.0. The number of rotatable bonds is 2. The molecule has 1 unspecified atom stereocenters. The van der Waals surface area contributed by atoms with E-state index in [-0.39, 0.29) is 0 Å². The molecule has 1 aliphatic heterocycles. The minimum absolute atomic E-state index is 0.570. The van der Waals surface area contributed by atoms with Gasteiger partial charge in [0.25, 0.3) is 6.01 Å². The number of fused-ring (bicyclic) bond motifs is 1. The summed E-state index contributed by atoms with van der Waals surface area (Å²) in [6, 6.07) is 6.91. The fourth-order valence-corrected chi connectivity index (χ4v) is 2.57. The lowest BCUT2D eigenvalue weighted by Crippen LogP contribution is -2.28. The first-order valence-corrected chi connectivity index (χ1v) is 6.20. The number of anilines is 2. The van der Waals surface area contributed by atoms with Crippen LogP contribution in [-0.4, -0.2) is 17.6 Å². The molecule has 1 fully saturated rings. The number of hydrogen-bond donors (Lipinski definition) is 1. The molecule has 1 aromatic carbocycles. The van der Waals surface area contributed by atoms with Gasteiger partial charge in [0, 0.05) is 18.3 Å². The predicted molar refractivity (Wildman–Crippen MR) is 69.1 cm³/mol. The van der Waals surface area contributed by atoms with Crippen LogP contribution in [0.5, 0.6) is 0 Å². The number of hydrogen-bond acceptors (Lipinski definition) is 4. The number of nitrogens with zero attached hydrogens (tertiary/aromatic N) is 2. The maximum atomic E-state index is 5.80. The summed E-state index contributed by atoms with van der Waals surface area (Å²) in [5.41, 5.74) is 8.14. The highest BCUT2D eigenvalue weighted by Crippen LogP contribution is 2.30. The van der Waals surface area contributed by atoms with Gasteiger partial charge in [-0.05, 0) is 37.5 Å². The number of aromatic nitrogens is 1. The molecule has 3 rings (SSSR count). The van der Waals surface area contributed by atoms with E-state index in [0.717, 1.165) is 35.8 Å². The van der Waals surface area contributed by atoms with Crippen LogP contribution in [-0.2, 0) is 0 Å². The van der Waals surface area contributed by atoms with Crippen LogP contribution in [0.3, 0.4) is 0 Å². The third kappa shape index (κ3) is 1.73. The third-order valence-corrected chi connectivity index (χ3v) is 3.49. The van der Waals surface area contributed by atoms with Crippen LogP contribution in [0.15, 0.2) is 22.6 Å². The van der Waals surface area contributed by atoms with Crippen LogP contribution >= 0.6 is 0 Å². The summed E-state index contributed by atoms with van der Waals surface area (Å²) in [4.78, 5) is 6.81. The van der Waals surface area contributed by atoms with Gasteiger partial charge in [0.05, 0.1) is 0 Å². The highest BCUT2D eigenvalue weighted by atomic mass is 16.4. The van der Waals surface area contributed by atoms with Crippen LogP contribution in [0.25, 0.3) is 11.1 Å². The quantitative estimate of drug-likeness (QED) is 0.807. The van der Waals surface area contributed by atoms with Gasteiger partial charge < -0.3 is 15.1 Å². The lowest BCUT2D eigenvalue weighted by molar-refractivity contribution is 0.541. The Morgan fingerprint density at radius 3 is 3.24 bits per heavy atom. The minimum Gasteiger partial charge on any atom is -0.423 e. The maximum absolute atomic E-state index is 5.80. The molecule has 2 aromatic rings. The van der Waals surface area contributed by atoms with Crippen molar-refractivity contribution in [2.45, 2.75) is 32.2 Å². The molecule has 17 heavy (non-hydrogen) atoms. The number of benzene rings is 1. The van der Waals surface area contributed by atoms with Crippen molar-refractivity contribution in [2.75, 3.05) is 17.2 Å². The molecule has 0 radical (unpaired) electrons. The average molecular weight is 231 g/mol. The van der Waals surface area contributed by atoms with Crippen molar-refractivity contribution >= 4 is 22.8 Å². The number of oxazole rings is 1. The molecule has 1 atom stereocenters. The number of nitrogens with two attached hydrogens (primary N) is 1. The Labute approximate surface area is 100 Å². The molecular weight excluding hydrogens is 214 g/mol. The van der Waals surface area contributed by atoms with E-state index in [9.17, 15) is 0 Å². The van der Waals surface area contributed by atoms with Crippen molar-refractivity contribution in [3.8, 4) is 0 Å². The Bertz CT molecular complexity index is 534. The van der Waals surface area contributed by atoms with E-state index in [1.165, 1.54) is 12.8 Å². The first-order chi connectivity index (χ1) is 8.28. The van der Waals surface area contributed by atoms with E-state index in [2.05, 4.69) is 16.8 Å². The van der Waals surface area contributed by atoms with Crippen molar-refractivity contribution in [3.05, 3.63) is 18.2 Å². The summed E-state index contributed by atoms with van der Waals surface area (Å²) in [5.74, 6) is 0. The summed E-state index contributed by atoms with van der Waals surface area (Å²) in [6.07, 6.45) is 3.59. The summed E-state index contributed by atoms with van der Waals surface area (Å²) in [5, 5.41) is 0. The minimum atomic E-state index is 0.570. The molecule has 0 aliphatic carbocycles. The topological polar surface area (TPSA) is 55.3 Å². The van der Waals surface area contributed by atoms with Gasteiger partial charge in [-0.1, -0.05) is 6.92 Å². The van der Waals surface area contributed by atoms with E-state index in [4.69, 9.17) is 10.2 Å². The van der Waals surface area contributed by atoms with E-state index in [0.29, 0.717) is 6.04 Å². The van der Waals surface area contributed by atoms with E-state index in [1.54, 1.807) is 0 Å². The van der Waals surface area contributed by atoms with Crippen LogP contribution in [0.4, 0.5) is 11.7 Å². The molecule has 2 N–H and O–H groups in total. The van der Waals surface area contributed by atoms with Gasteiger partial charge >= 0.3 is 0 Å². The van der Waals surface area contributed by atoms with Crippen molar-refractivity contribution < 1.29 is 4.42 Å². The van der Waals surface area contributed by atoms with Gasteiger partial charge in [-0.25, -0.2) is 0 Å². The van der Waals surface area contributed by atoms with Crippen molar-refractivity contribution in [2.24, 2.45) is 0 Å². The van der Waals surface area contributed by atoms with Crippen molar-refractivity contribution in [1.29, 1.82) is 0 Å². The fourth-order valence-electron chi connectivity index (χ4n) is 2.57. The van der Waals surface area contributed by atoms with Crippen LogP contribution < -0.4 is 10.6 Å². The predicted octanol–water partition coefficient (Wildman–Crippen LogP) is 2.79. The molecule has 0 saturated carbocycles. The zero-order valence-corrected chi connectivity index (χ0v) is 10.0. The van der Waals surface area contributed by atoms with E-state index >= 15 is 0 Å². The molecule has 1 aliphatic rings. The smallest absolute Gasteiger partial charge is 0.298 e. The highest BCUT2D eigenvalue weighted by Gasteiger charge is 2.26. The average Bonchev–Trinajstić information content (AvgIpc) is 2.93. The van der Waals surface area contributed by atoms with Crippen LogP contribution in [0, 0.1) is 0 Å². The lowest BCUT2D eigenvalue weighted by atomic mass is 10.2. The zero-order chi connectivity index (χ0) is 11.8. The second-order valence-electron chi connectivity index (χ2n) is 4.62. The Balaban J connectivity index is 2.00. The molecular formula is C13H17N3O. The van der Waals surface area contributed by atoms with Gasteiger partial charge in [-0.2, -0.15) is 4.98 Å². The molecule has 4 heteroatoms. The Hall–Kier alpha value is -1.71. The summed E-state index contributed by atoms with van der Waals surface area (Å²) >= 11 is 0. The Morgan fingerprint density at radius 1 is 1.53 bits per heavy atom. The van der Waals surface area contributed by atoms with Gasteiger partial charge in [-0.15, -0.1) is 0 Å². The van der Waals surface area contributed by atoms with Crippen molar-refractivity contribution in [1.82, 2.24) is 4.98 Å². The molecule has 90 valence electrons. The largest absolute Gasteiger partial charge is 0.423 e. The highest BCUT2D eigenvalue weighted by molar-refractivity contribution is 5.78. The monoisotopic (exact) mass is 231 g/mol. The molecule has 0 amide bonds. The van der Waals surface area contributed by atoms with E-state index < -0.39 is 0 Å². The van der Waals surface area contributed by atoms with Gasteiger partial charge in [0.15, 0.2) is 5.58 Å². The van der Waals surface area contributed by atoms with E-state index in [1.807, 2.05) is 18.2 Å². The molecule has 0 spiro atoms. The summed E-state index contributed by atoms with van der Waals surface area (Å²) in [6.45, 7) is 3.25. The lowest BCUT2D eigenvalue weighted by Gasteiger charge is -2.20. The number of nitrogen functional groups attached to an aromatic ring is 1. The standard InChI is InChI=1S/C13H17N3O/c1-2-10-4-3-7-16(10)13-15-11-8-9(14)5-6-12(11)17-13/h5-6,8,10H,2-4,7,14H2,1H3. The Kier molecular flexibility index (Phi) is 2.42. The fraction of sp³-hybridized carbons (Fsp3) is 0.462. The summed E-state index contributed by atoms with van der Waals surface area (Å²) in [7, 11) is 0. The third-order valence-electron chi connectivity index (χ3n) is 3.49. The molecule has 4 nitrogen and oxygen atoms in total. The van der Waals surface area contributed by atoms with Gasteiger partial charge in [0.2, 0.25) is 0 Å². The first kappa shape index (κ1) is 10.4. The second-order valence-corrected chi connectivity index (χ2v) is 4.62. The molecule has 2 heterocycles. The van der Waals surface area contributed by atoms with Gasteiger partial charge in [0.1, 0.15) is 5.52 Å². The normalized spacial score (nSPS) is 20.3. The second kappa shape index (κ2) is 3.95. The Morgan fingerprint density at radius 2 is 2.41 bits per heavy atom. The SMILES string of the molecule is CCC1CCCN1c1nc2cc(N)ccc2o1. The van der Waals surface area contributed by atoms with Crippen LogP contribution in [0.1, 0.15) is 26.2 Å². The molecule has 0 bridgehead atoms. The maximum Gasteiger partial charge on any atom is 0.298 e. The van der Waals surface area contributed by atoms with Crippen LogP contribution in [0.2, 0.25) is 0 Å². The summed E-state index contributed by atoms with van der Waals surface area (Å²) < 4.78 is 5.80. The van der Waals surface area contributed by atoms with Crippen molar-refractivity contribution in [3.63, 3.8) is 0 Å².